The largest absolute Gasteiger partial charge is 0.309 e. The van der Waals surface area contributed by atoms with E-state index in [1.54, 1.807) is 0 Å². The number of hydrogen-bond donors (Lipinski definition) is 0. The third kappa shape index (κ3) is 2.50. The van der Waals surface area contributed by atoms with Gasteiger partial charge in [0.2, 0.25) is 0 Å². The lowest BCUT2D eigenvalue weighted by Gasteiger charge is -2.20. The van der Waals surface area contributed by atoms with Crippen molar-refractivity contribution < 1.29 is 0 Å². The first-order valence-corrected chi connectivity index (χ1v) is 7.49. The molecule has 0 fully saturated rings. The average molecular weight is 283 g/mol. The topological polar surface area (TPSA) is 35.6 Å². The molecular weight excluding hydrogens is 260 g/mol. The highest BCUT2D eigenvalue weighted by Gasteiger charge is 2.21. The Bertz CT molecular complexity index is 570. The first-order chi connectivity index (χ1) is 8.99. The highest BCUT2D eigenvalue weighted by atomic mass is 35.5. The predicted molar refractivity (Wildman–Crippen MR) is 79.6 cm³/mol. The van der Waals surface area contributed by atoms with Crippen LogP contribution in [0.4, 0.5) is 0 Å². The minimum atomic E-state index is 0.392. The average Bonchev–Trinajstić information content (AvgIpc) is 2.88. The molecule has 2 unspecified atom stereocenters. The molecule has 2 aromatic rings. The molecule has 0 aromatic carbocycles. The van der Waals surface area contributed by atoms with E-state index in [2.05, 4.69) is 35.4 Å². The van der Waals surface area contributed by atoms with Crippen molar-refractivity contribution in [2.24, 2.45) is 13.0 Å². The SMILES string of the molecule is CCC(C)CC(C)n1c(CCl)nc2c(C)nn(C)c21. The molecule has 4 nitrogen and oxygen atoms in total. The Labute approximate surface area is 119 Å². The van der Waals surface area contributed by atoms with E-state index in [-0.39, 0.29) is 0 Å². The molecule has 0 radical (unpaired) electrons. The number of rotatable bonds is 5. The van der Waals surface area contributed by atoms with Gasteiger partial charge >= 0.3 is 0 Å². The second-order valence-corrected chi connectivity index (χ2v) is 5.78. The summed E-state index contributed by atoms with van der Waals surface area (Å²) in [5, 5.41) is 4.46. The van der Waals surface area contributed by atoms with Crippen molar-refractivity contribution in [1.29, 1.82) is 0 Å². The molecule has 0 aliphatic carbocycles. The normalized spacial score (nSPS) is 15.1. The van der Waals surface area contributed by atoms with Crippen LogP contribution >= 0.6 is 11.6 Å². The van der Waals surface area contributed by atoms with Gasteiger partial charge in [-0.2, -0.15) is 5.10 Å². The molecular formula is C14H23ClN4. The quantitative estimate of drug-likeness (QED) is 0.782. The van der Waals surface area contributed by atoms with E-state index in [0.29, 0.717) is 17.8 Å². The van der Waals surface area contributed by atoms with E-state index in [1.807, 2.05) is 18.7 Å². The standard InChI is InChI=1S/C14H23ClN4/c1-6-9(2)7-10(3)19-12(8-15)16-13-11(4)17-18(5)14(13)19/h9-10H,6-8H2,1-5H3. The number of nitrogens with zero attached hydrogens (tertiary/aromatic N) is 4. The van der Waals surface area contributed by atoms with Gasteiger partial charge in [-0.25, -0.2) is 4.98 Å². The molecule has 0 spiro atoms. The van der Waals surface area contributed by atoms with Gasteiger partial charge in [0.05, 0.1) is 11.6 Å². The zero-order chi connectivity index (χ0) is 14.2. The number of fused-ring (bicyclic) bond motifs is 1. The number of aryl methyl sites for hydroxylation is 2. The third-order valence-electron chi connectivity index (χ3n) is 3.91. The van der Waals surface area contributed by atoms with Crippen LogP contribution in [-0.2, 0) is 12.9 Å². The number of alkyl halides is 1. The fraction of sp³-hybridized carbons (Fsp3) is 0.714. The third-order valence-corrected chi connectivity index (χ3v) is 4.15. The molecule has 2 heterocycles. The van der Waals surface area contributed by atoms with Crippen molar-refractivity contribution in [3.63, 3.8) is 0 Å². The smallest absolute Gasteiger partial charge is 0.158 e. The second-order valence-electron chi connectivity index (χ2n) is 5.51. The summed E-state index contributed by atoms with van der Waals surface area (Å²) in [6, 6.07) is 0.392. The van der Waals surface area contributed by atoms with E-state index in [0.717, 1.165) is 29.1 Å². The maximum atomic E-state index is 6.07. The van der Waals surface area contributed by atoms with Gasteiger partial charge in [0.1, 0.15) is 11.3 Å². The van der Waals surface area contributed by atoms with Crippen LogP contribution in [0.2, 0.25) is 0 Å². The fourth-order valence-corrected chi connectivity index (χ4v) is 2.94. The summed E-state index contributed by atoms with van der Waals surface area (Å²) in [6.45, 7) is 8.76. The number of imidazole rings is 1. The van der Waals surface area contributed by atoms with Gasteiger partial charge in [-0.1, -0.05) is 20.3 Å². The summed E-state index contributed by atoms with van der Waals surface area (Å²) in [5.74, 6) is 2.09. The Balaban J connectivity index is 2.50. The van der Waals surface area contributed by atoms with Gasteiger partial charge in [-0.3, -0.25) is 4.68 Å². The number of aromatic nitrogens is 4. The van der Waals surface area contributed by atoms with E-state index >= 15 is 0 Å². The summed E-state index contributed by atoms with van der Waals surface area (Å²) >= 11 is 6.07. The van der Waals surface area contributed by atoms with Crippen LogP contribution in [0.25, 0.3) is 11.2 Å². The summed E-state index contributed by atoms with van der Waals surface area (Å²) in [4.78, 5) is 4.65. The Kier molecular flexibility index (Phi) is 4.19. The molecule has 106 valence electrons. The fourth-order valence-electron chi connectivity index (χ4n) is 2.75. The first-order valence-electron chi connectivity index (χ1n) is 6.95. The molecule has 19 heavy (non-hydrogen) atoms. The van der Waals surface area contributed by atoms with Crippen LogP contribution in [0, 0.1) is 12.8 Å². The summed E-state index contributed by atoms with van der Waals surface area (Å²) in [6.07, 6.45) is 2.33. The van der Waals surface area contributed by atoms with E-state index in [4.69, 9.17) is 11.6 Å². The van der Waals surface area contributed by atoms with Crippen LogP contribution in [0.1, 0.15) is 51.2 Å². The summed E-state index contributed by atoms with van der Waals surface area (Å²) in [5.41, 5.74) is 3.04. The maximum Gasteiger partial charge on any atom is 0.158 e. The maximum absolute atomic E-state index is 6.07. The zero-order valence-corrected chi connectivity index (χ0v) is 13.2. The van der Waals surface area contributed by atoms with Crippen molar-refractivity contribution in [3.05, 3.63) is 11.5 Å². The Morgan fingerprint density at radius 3 is 2.58 bits per heavy atom. The molecule has 0 bridgehead atoms. The van der Waals surface area contributed by atoms with Crippen molar-refractivity contribution in [3.8, 4) is 0 Å². The molecule has 0 N–H and O–H groups in total. The van der Waals surface area contributed by atoms with E-state index < -0.39 is 0 Å². The molecule has 0 saturated carbocycles. The van der Waals surface area contributed by atoms with Gasteiger partial charge in [-0.15, -0.1) is 11.6 Å². The van der Waals surface area contributed by atoms with Gasteiger partial charge in [0.15, 0.2) is 5.65 Å². The van der Waals surface area contributed by atoms with Crippen LogP contribution < -0.4 is 0 Å². The van der Waals surface area contributed by atoms with Crippen LogP contribution in [-0.4, -0.2) is 19.3 Å². The van der Waals surface area contributed by atoms with Gasteiger partial charge in [0, 0.05) is 13.1 Å². The van der Waals surface area contributed by atoms with Gasteiger partial charge < -0.3 is 4.57 Å². The highest BCUT2D eigenvalue weighted by molar-refractivity contribution is 6.16. The van der Waals surface area contributed by atoms with Gasteiger partial charge in [0.25, 0.3) is 0 Å². The monoisotopic (exact) mass is 282 g/mol. The number of hydrogen-bond acceptors (Lipinski definition) is 2. The van der Waals surface area contributed by atoms with Crippen LogP contribution in [0.5, 0.6) is 0 Å². The van der Waals surface area contributed by atoms with Crippen molar-refractivity contribution in [2.75, 3.05) is 0 Å². The van der Waals surface area contributed by atoms with E-state index in [9.17, 15) is 0 Å². The summed E-state index contributed by atoms with van der Waals surface area (Å²) < 4.78 is 4.18. The molecule has 0 saturated heterocycles. The van der Waals surface area contributed by atoms with E-state index in [1.165, 1.54) is 6.42 Å². The zero-order valence-electron chi connectivity index (χ0n) is 12.4. The molecule has 5 heteroatoms. The molecule has 2 rings (SSSR count). The van der Waals surface area contributed by atoms with Crippen molar-refractivity contribution in [1.82, 2.24) is 19.3 Å². The molecule has 0 aliphatic rings. The van der Waals surface area contributed by atoms with Crippen molar-refractivity contribution >= 4 is 22.8 Å². The molecule has 2 atom stereocenters. The van der Waals surface area contributed by atoms with Gasteiger partial charge in [-0.05, 0) is 26.2 Å². The molecule has 2 aromatic heterocycles. The van der Waals surface area contributed by atoms with Crippen molar-refractivity contribution in [2.45, 2.75) is 52.5 Å². The lowest BCUT2D eigenvalue weighted by Crippen LogP contribution is -2.14. The minimum Gasteiger partial charge on any atom is -0.309 e. The summed E-state index contributed by atoms with van der Waals surface area (Å²) in [7, 11) is 1.97. The minimum absolute atomic E-state index is 0.392. The lowest BCUT2D eigenvalue weighted by molar-refractivity contribution is 0.395. The molecule has 0 amide bonds. The first kappa shape index (κ1) is 14.4. The highest BCUT2D eigenvalue weighted by Crippen LogP contribution is 2.28. The predicted octanol–water partition coefficient (Wildman–Crippen LogP) is 3.81. The van der Waals surface area contributed by atoms with Crippen LogP contribution in [0.3, 0.4) is 0 Å². The number of halogens is 1. The molecule has 0 aliphatic heterocycles. The Morgan fingerprint density at radius 2 is 2.00 bits per heavy atom. The Morgan fingerprint density at radius 1 is 1.32 bits per heavy atom. The lowest BCUT2D eigenvalue weighted by atomic mass is 10.0. The Hall–Kier alpha value is -1.03. The second kappa shape index (κ2) is 5.53. The van der Waals surface area contributed by atoms with Crippen LogP contribution in [0.15, 0.2) is 0 Å².